The highest BCUT2D eigenvalue weighted by molar-refractivity contribution is 6.35. The normalized spacial score (nSPS) is 14.4. The summed E-state index contributed by atoms with van der Waals surface area (Å²) in [6.45, 7) is 0. The first-order valence-electron chi connectivity index (χ1n) is 10.3. The summed E-state index contributed by atoms with van der Waals surface area (Å²) in [5, 5.41) is 3.16. The fourth-order valence-electron chi connectivity index (χ4n) is 5.92. The van der Waals surface area contributed by atoms with Crippen molar-refractivity contribution in [1.82, 2.24) is 0 Å². The quantitative estimate of drug-likeness (QED) is 0.243. The van der Waals surface area contributed by atoms with Gasteiger partial charge in [0.1, 0.15) is 0 Å². The number of fused-ring (bicyclic) bond motifs is 12. The molecule has 0 amide bonds. The van der Waals surface area contributed by atoms with Crippen LogP contribution >= 0.6 is 11.6 Å². The predicted octanol–water partition coefficient (Wildman–Crippen LogP) is 7.84. The molecule has 0 unspecified atom stereocenters. The number of hydrogen-bond donors (Lipinski definition) is 0. The lowest BCUT2D eigenvalue weighted by Crippen LogP contribution is -2.26. The van der Waals surface area contributed by atoms with Crippen molar-refractivity contribution in [2.45, 2.75) is 5.41 Å². The van der Waals surface area contributed by atoms with Crippen LogP contribution in [0.4, 0.5) is 0 Å². The minimum Gasteiger partial charge on any atom is -0.0837 e. The molecule has 0 saturated carbocycles. The molecule has 0 saturated heterocycles. The average Bonchev–Trinajstić information content (AvgIpc) is 3.27. The summed E-state index contributed by atoms with van der Waals surface area (Å²) in [7, 11) is 0. The third-order valence-electron chi connectivity index (χ3n) is 6.96. The van der Waals surface area contributed by atoms with Crippen LogP contribution in [0.5, 0.6) is 0 Å². The minimum atomic E-state index is -0.316. The van der Waals surface area contributed by atoms with Gasteiger partial charge in [-0.25, -0.2) is 0 Å². The van der Waals surface area contributed by atoms with E-state index in [-0.39, 0.29) is 5.41 Å². The van der Waals surface area contributed by atoms with Crippen molar-refractivity contribution >= 4 is 22.4 Å². The van der Waals surface area contributed by atoms with Gasteiger partial charge in [-0.3, -0.25) is 0 Å². The third kappa shape index (κ3) is 1.75. The number of halogens is 1. The lowest BCUT2D eigenvalue weighted by Gasteiger charge is -2.31. The molecule has 0 aromatic heterocycles. The highest BCUT2D eigenvalue weighted by Crippen LogP contribution is 2.64. The van der Waals surface area contributed by atoms with Gasteiger partial charge < -0.3 is 0 Å². The molecule has 7 rings (SSSR count). The summed E-state index contributed by atoms with van der Waals surface area (Å²) in [6.07, 6.45) is 0. The van der Waals surface area contributed by atoms with Crippen molar-refractivity contribution in [3.8, 4) is 22.3 Å². The topological polar surface area (TPSA) is 0 Å². The lowest BCUT2D eigenvalue weighted by molar-refractivity contribution is 0.801. The molecule has 0 radical (unpaired) electrons. The van der Waals surface area contributed by atoms with Gasteiger partial charge in [-0.05, 0) is 56.0 Å². The Balaban J connectivity index is 1.78. The second-order valence-corrected chi connectivity index (χ2v) is 8.62. The fraction of sp³-hybridized carbons (Fsp3) is 0.0345. The van der Waals surface area contributed by atoms with E-state index in [9.17, 15) is 0 Å². The smallest absolute Gasteiger partial charge is 0.0731 e. The molecule has 140 valence electrons. The van der Waals surface area contributed by atoms with Crippen molar-refractivity contribution in [2.24, 2.45) is 0 Å². The SMILES string of the molecule is Clc1cccc2c3c(ccc12)-c1ccccc1C31c2ccccc2-c2ccccc21. The van der Waals surface area contributed by atoms with E-state index in [1.807, 2.05) is 6.07 Å². The van der Waals surface area contributed by atoms with Crippen molar-refractivity contribution in [3.05, 3.63) is 130 Å². The molecule has 1 heteroatoms. The van der Waals surface area contributed by atoms with Gasteiger partial charge in [0.2, 0.25) is 0 Å². The van der Waals surface area contributed by atoms with Gasteiger partial charge in [0.25, 0.3) is 0 Å². The van der Waals surface area contributed by atoms with Gasteiger partial charge in [-0.1, -0.05) is 109 Å². The lowest BCUT2D eigenvalue weighted by atomic mass is 9.69. The Labute approximate surface area is 180 Å². The van der Waals surface area contributed by atoms with Gasteiger partial charge in [0.05, 0.1) is 5.41 Å². The molecule has 5 aromatic rings. The van der Waals surface area contributed by atoms with E-state index >= 15 is 0 Å². The van der Waals surface area contributed by atoms with Crippen LogP contribution in [0.1, 0.15) is 22.3 Å². The molecule has 0 nitrogen and oxygen atoms in total. The third-order valence-corrected chi connectivity index (χ3v) is 7.29. The zero-order valence-electron chi connectivity index (χ0n) is 16.2. The standard InChI is InChI=1S/C29H17Cl/c30-27-15-7-11-22-21(27)16-17-23-20-10-3-6-14-26(20)29(28(22)23)24-12-4-1-8-18(24)19-9-2-5-13-25(19)29/h1-17H. The molecule has 30 heavy (non-hydrogen) atoms. The Morgan fingerprint density at radius 2 is 0.967 bits per heavy atom. The molecule has 0 heterocycles. The molecule has 2 aliphatic rings. The van der Waals surface area contributed by atoms with Crippen molar-refractivity contribution in [2.75, 3.05) is 0 Å². The van der Waals surface area contributed by atoms with E-state index < -0.39 is 0 Å². The Bertz CT molecular complexity index is 1450. The van der Waals surface area contributed by atoms with Crippen LogP contribution in [0.25, 0.3) is 33.0 Å². The van der Waals surface area contributed by atoms with Crippen LogP contribution in [-0.4, -0.2) is 0 Å². The molecule has 0 atom stereocenters. The average molecular weight is 401 g/mol. The molecular formula is C29H17Cl. The molecule has 0 aliphatic heterocycles. The predicted molar refractivity (Wildman–Crippen MR) is 125 cm³/mol. The maximum absolute atomic E-state index is 6.67. The van der Waals surface area contributed by atoms with Gasteiger partial charge in [-0.15, -0.1) is 0 Å². The Hall–Kier alpha value is -3.35. The van der Waals surface area contributed by atoms with E-state index in [1.54, 1.807) is 0 Å². The van der Waals surface area contributed by atoms with Crippen molar-refractivity contribution < 1.29 is 0 Å². The first-order chi connectivity index (χ1) is 14.8. The van der Waals surface area contributed by atoms with Crippen LogP contribution in [-0.2, 0) is 5.41 Å². The summed E-state index contributed by atoms with van der Waals surface area (Å²) in [5.41, 5.74) is 10.4. The van der Waals surface area contributed by atoms with Crippen LogP contribution in [0.3, 0.4) is 0 Å². The number of rotatable bonds is 0. The second kappa shape index (κ2) is 5.62. The molecule has 1 spiro atoms. The summed E-state index contributed by atoms with van der Waals surface area (Å²) >= 11 is 6.67. The van der Waals surface area contributed by atoms with E-state index in [4.69, 9.17) is 11.6 Å². The van der Waals surface area contributed by atoms with Crippen molar-refractivity contribution in [1.29, 1.82) is 0 Å². The van der Waals surface area contributed by atoms with Gasteiger partial charge in [-0.2, -0.15) is 0 Å². The molecule has 0 N–H and O–H groups in total. The highest BCUT2D eigenvalue weighted by atomic mass is 35.5. The maximum Gasteiger partial charge on any atom is 0.0731 e. The number of benzene rings is 5. The van der Waals surface area contributed by atoms with Gasteiger partial charge in [0, 0.05) is 10.4 Å². The molecule has 5 aromatic carbocycles. The number of hydrogen-bond acceptors (Lipinski definition) is 0. The van der Waals surface area contributed by atoms with E-state index in [0.717, 1.165) is 10.4 Å². The second-order valence-electron chi connectivity index (χ2n) is 8.21. The van der Waals surface area contributed by atoms with Gasteiger partial charge in [0.15, 0.2) is 0 Å². The summed E-state index contributed by atoms with van der Waals surface area (Å²) in [4.78, 5) is 0. The first kappa shape index (κ1) is 16.4. The maximum atomic E-state index is 6.67. The minimum absolute atomic E-state index is 0.316. The van der Waals surface area contributed by atoms with Crippen LogP contribution in [0, 0.1) is 0 Å². The Morgan fingerprint density at radius 3 is 1.57 bits per heavy atom. The van der Waals surface area contributed by atoms with E-state index in [1.165, 1.54) is 49.9 Å². The summed E-state index contributed by atoms with van der Waals surface area (Å²) in [5.74, 6) is 0. The van der Waals surface area contributed by atoms with Gasteiger partial charge >= 0.3 is 0 Å². The summed E-state index contributed by atoms with van der Waals surface area (Å²) in [6, 6.07) is 37.4. The monoisotopic (exact) mass is 400 g/mol. The molecule has 0 fully saturated rings. The van der Waals surface area contributed by atoms with Crippen LogP contribution in [0.2, 0.25) is 5.02 Å². The largest absolute Gasteiger partial charge is 0.0837 e. The Kier molecular flexibility index (Phi) is 3.08. The van der Waals surface area contributed by atoms with E-state index in [2.05, 4.69) is 97.1 Å². The van der Waals surface area contributed by atoms with Crippen LogP contribution in [0.15, 0.2) is 103 Å². The zero-order valence-corrected chi connectivity index (χ0v) is 16.9. The molecular weight excluding hydrogens is 384 g/mol. The summed E-state index contributed by atoms with van der Waals surface area (Å²) < 4.78 is 0. The fourth-order valence-corrected chi connectivity index (χ4v) is 6.16. The first-order valence-corrected chi connectivity index (χ1v) is 10.7. The zero-order chi connectivity index (χ0) is 19.9. The van der Waals surface area contributed by atoms with Crippen molar-refractivity contribution in [3.63, 3.8) is 0 Å². The molecule has 0 bridgehead atoms. The Morgan fingerprint density at radius 1 is 0.433 bits per heavy atom. The van der Waals surface area contributed by atoms with Crippen LogP contribution < -0.4 is 0 Å². The molecule has 2 aliphatic carbocycles. The highest BCUT2D eigenvalue weighted by Gasteiger charge is 2.52. The van der Waals surface area contributed by atoms with E-state index in [0.29, 0.717) is 0 Å².